The number of benzene rings is 1. The van der Waals surface area contributed by atoms with Crippen LogP contribution in [0.3, 0.4) is 0 Å². The van der Waals surface area contributed by atoms with Crippen molar-refractivity contribution in [3.63, 3.8) is 0 Å². The summed E-state index contributed by atoms with van der Waals surface area (Å²) in [5, 5.41) is 3.85. The Kier molecular flexibility index (Phi) is 4.42. The summed E-state index contributed by atoms with van der Waals surface area (Å²) in [5.74, 6) is 0. The quantitative estimate of drug-likeness (QED) is 0.904. The van der Waals surface area contributed by atoms with Gasteiger partial charge in [0.1, 0.15) is 0 Å². The van der Waals surface area contributed by atoms with Crippen molar-refractivity contribution in [2.24, 2.45) is 0 Å². The van der Waals surface area contributed by atoms with E-state index in [2.05, 4.69) is 42.3 Å². The molecule has 110 valence electrons. The highest BCUT2D eigenvalue weighted by Crippen LogP contribution is 2.26. The van der Waals surface area contributed by atoms with Crippen LogP contribution in [0, 0.1) is 0 Å². The summed E-state index contributed by atoms with van der Waals surface area (Å²) in [5.41, 5.74) is 4.64. The predicted molar refractivity (Wildman–Crippen MR) is 85.2 cm³/mol. The van der Waals surface area contributed by atoms with Crippen molar-refractivity contribution in [2.75, 3.05) is 19.6 Å². The van der Waals surface area contributed by atoms with E-state index in [0.717, 1.165) is 0 Å². The maximum Gasteiger partial charge on any atom is 0.0294 e. The molecule has 1 heterocycles. The Morgan fingerprint density at radius 3 is 2.95 bits per heavy atom. The molecule has 1 aliphatic carbocycles. The van der Waals surface area contributed by atoms with Crippen LogP contribution in [0.5, 0.6) is 0 Å². The number of hydrogen-bond acceptors (Lipinski definition) is 2. The van der Waals surface area contributed by atoms with Crippen molar-refractivity contribution in [1.82, 2.24) is 10.2 Å². The minimum absolute atomic E-state index is 0.475. The van der Waals surface area contributed by atoms with Crippen LogP contribution in [-0.4, -0.2) is 30.6 Å². The zero-order valence-electron chi connectivity index (χ0n) is 13.0. The lowest BCUT2D eigenvalue weighted by molar-refractivity contribution is 0.192. The van der Waals surface area contributed by atoms with Crippen LogP contribution in [0.1, 0.15) is 55.8 Å². The van der Waals surface area contributed by atoms with Crippen molar-refractivity contribution in [1.29, 1.82) is 0 Å². The van der Waals surface area contributed by atoms with Crippen molar-refractivity contribution in [3.8, 4) is 0 Å². The summed E-state index contributed by atoms with van der Waals surface area (Å²) in [6, 6.07) is 8.27. The van der Waals surface area contributed by atoms with Gasteiger partial charge >= 0.3 is 0 Å². The number of nitrogens with one attached hydrogen (secondary N) is 1. The second-order valence-corrected chi connectivity index (χ2v) is 6.50. The lowest BCUT2D eigenvalue weighted by Crippen LogP contribution is -2.46. The van der Waals surface area contributed by atoms with Gasteiger partial charge in [0.25, 0.3) is 0 Å². The fraction of sp³-hybridized carbons (Fsp3) is 0.667. The van der Waals surface area contributed by atoms with Gasteiger partial charge in [0.2, 0.25) is 0 Å². The van der Waals surface area contributed by atoms with Crippen LogP contribution < -0.4 is 5.32 Å². The first-order valence-corrected chi connectivity index (χ1v) is 8.36. The standard InChI is InChI=1S/C18H28N2/c1-3-20-11-5-8-18(13-20)19-14(2)16-10-9-15-6-4-7-17(15)12-16/h9-10,12,14,18-19H,3-8,11,13H2,1-2H3. The highest BCUT2D eigenvalue weighted by atomic mass is 15.2. The molecule has 2 aliphatic rings. The Labute approximate surface area is 123 Å². The summed E-state index contributed by atoms with van der Waals surface area (Å²) in [7, 11) is 0. The smallest absolute Gasteiger partial charge is 0.0294 e. The average molecular weight is 272 g/mol. The third-order valence-corrected chi connectivity index (χ3v) is 5.06. The van der Waals surface area contributed by atoms with E-state index in [4.69, 9.17) is 0 Å². The maximum absolute atomic E-state index is 3.85. The van der Waals surface area contributed by atoms with E-state index in [9.17, 15) is 0 Å². The van der Waals surface area contributed by atoms with E-state index in [1.165, 1.54) is 57.3 Å². The Balaban J connectivity index is 1.62. The van der Waals surface area contributed by atoms with Gasteiger partial charge in [0.15, 0.2) is 0 Å². The van der Waals surface area contributed by atoms with Crippen LogP contribution in [0.4, 0.5) is 0 Å². The van der Waals surface area contributed by atoms with Crippen LogP contribution in [0.2, 0.25) is 0 Å². The van der Waals surface area contributed by atoms with Crippen molar-refractivity contribution < 1.29 is 0 Å². The molecular weight excluding hydrogens is 244 g/mol. The average Bonchev–Trinajstić information content (AvgIpc) is 2.94. The largest absolute Gasteiger partial charge is 0.306 e. The monoisotopic (exact) mass is 272 g/mol. The summed E-state index contributed by atoms with van der Waals surface area (Å²) >= 11 is 0. The molecule has 3 rings (SSSR count). The molecule has 2 nitrogen and oxygen atoms in total. The maximum atomic E-state index is 3.85. The number of piperidine rings is 1. The lowest BCUT2D eigenvalue weighted by atomic mass is 9.99. The molecule has 2 unspecified atom stereocenters. The predicted octanol–water partition coefficient (Wildman–Crippen LogP) is 3.31. The fourth-order valence-corrected chi connectivity index (χ4v) is 3.79. The molecule has 2 heteroatoms. The summed E-state index contributed by atoms with van der Waals surface area (Å²) in [6.45, 7) is 8.27. The van der Waals surface area contributed by atoms with E-state index in [0.29, 0.717) is 12.1 Å². The highest BCUT2D eigenvalue weighted by Gasteiger charge is 2.21. The second-order valence-electron chi connectivity index (χ2n) is 6.50. The van der Waals surface area contributed by atoms with Crippen LogP contribution >= 0.6 is 0 Å². The molecule has 2 atom stereocenters. The van der Waals surface area contributed by atoms with Gasteiger partial charge in [-0.05, 0) is 68.8 Å². The molecule has 0 radical (unpaired) electrons. The molecule has 20 heavy (non-hydrogen) atoms. The number of rotatable bonds is 4. The number of hydrogen-bond donors (Lipinski definition) is 1. The molecule has 1 fully saturated rings. The van der Waals surface area contributed by atoms with E-state index < -0.39 is 0 Å². The summed E-state index contributed by atoms with van der Waals surface area (Å²) in [4.78, 5) is 2.57. The summed E-state index contributed by atoms with van der Waals surface area (Å²) < 4.78 is 0. The number of fused-ring (bicyclic) bond motifs is 1. The highest BCUT2D eigenvalue weighted by molar-refractivity contribution is 5.36. The normalized spacial score (nSPS) is 24.6. The zero-order chi connectivity index (χ0) is 13.9. The molecule has 0 saturated carbocycles. The van der Waals surface area contributed by atoms with Gasteiger partial charge in [-0.1, -0.05) is 25.1 Å². The molecule has 1 aromatic rings. The van der Waals surface area contributed by atoms with Gasteiger partial charge in [-0.15, -0.1) is 0 Å². The summed E-state index contributed by atoms with van der Waals surface area (Å²) in [6.07, 6.45) is 6.57. The third kappa shape index (κ3) is 3.07. The minimum Gasteiger partial charge on any atom is -0.306 e. The van der Waals surface area contributed by atoms with Crippen LogP contribution in [0.25, 0.3) is 0 Å². The molecular formula is C18H28N2. The van der Waals surface area contributed by atoms with E-state index in [1.54, 1.807) is 11.1 Å². The first-order chi connectivity index (χ1) is 9.76. The molecule has 0 bridgehead atoms. The zero-order valence-corrected chi connectivity index (χ0v) is 13.0. The third-order valence-electron chi connectivity index (χ3n) is 5.06. The number of likely N-dealkylation sites (tertiary alicyclic amines) is 1. The molecule has 0 aromatic heterocycles. The molecule has 1 N–H and O–H groups in total. The van der Waals surface area contributed by atoms with Crippen molar-refractivity contribution in [3.05, 3.63) is 34.9 Å². The Hall–Kier alpha value is -0.860. The van der Waals surface area contributed by atoms with Gasteiger partial charge in [0, 0.05) is 18.6 Å². The van der Waals surface area contributed by atoms with Crippen molar-refractivity contribution >= 4 is 0 Å². The van der Waals surface area contributed by atoms with Crippen LogP contribution in [-0.2, 0) is 12.8 Å². The fourth-order valence-electron chi connectivity index (χ4n) is 3.79. The van der Waals surface area contributed by atoms with Gasteiger partial charge in [-0.25, -0.2) is 0 Å². The Morgan fingerprint density at radius 1 is 1.25 bits per heavy atom. The first kappa shape index (κ1) is 14.1. The van der Waals surface area contributed by atoms with E-state index >= 15 is 0 Å². The van der Waals surface area contributed by atoms with Gasteiger partial charge in [0.05, 0.1) is 0 Å². The van der Waals surface area contributed by atoms with E-state index in [-0.39, 0.29) is 0 Å². The molecule has 1 aromatic carbocycles. The van der Waals surface area contributed by atoms with Gasteiger partial charge in [-0.3, -0.25) is 0 Å². The van der Waals surface area contributed by atoms with E-state index in [1.807, 2.05) is 0 Å². The number of nitrogens with zero attached hydrogens (tertiary/aromatic N) is 1. The Bertz CT molecular complexity index is 455. The number of aryl methyl sites for hydroxylation is 2. The number of likely N-dealkylation sites (N-methyl/N-ethyl adjacent to an activating group) is 1. The molecule has 1 aliphatic heterocycles. The minimum atomic E-state index is 0.475. The van der Waals surface area contributed by atoms with Crippen molar-refractivity contribution in [2.45, 2.75) is 58.0 Å². The van der Waals surface area contributed by atoms with Gasteiger partial charge in [-0.2, -0.15) is 0 Å². The lowest BCUT2D eigenvalue weighted by Gasteiger charge is -2.34. The Morgan fingerprint density at radius 2 is 2.10 bits per heavy atom. The second kappa shape index (κ2) is 6.28. The molecule has 1 saturated heterocycles. The first-order valence-electron chi connectivity index (χ1n) is 8.36. The molecule has 0 spiro atoms. The van der Waals surface area contributed by atoms with Crippen LogP contribution in [0.15, 0.2) is 18.2 Å². The SMILES string of the molecule is CCN1CCCC(NC(C)c2ccc3c(c2)CCC3)C1. The topological polar surface area (TPSA) is 15.3 Å². The molecule has 0 amide bonds. The van der Waals surface area contributed by atoms with Gasteiger partial charge < -0.3 is 10.2 Å².